The van der Waals surface area contributed by atoms with Crippen molar-refractivity contribution in [2.24, 2.45) is 0 Å². The van der Waals surface area contributed by atoms with Crippen LogP contribution in [0, 0.1) is 0 Å². The van der Waals surface area contributed by atoms with Gasteiger partial charge in [-0.2, -0.15) is 9.61 Å². The van der Waals surface area contributed by atoms with Gasteiger partial charge in [0.1, 0.15) is 5.03 Å². The fraction of sp³-hybridized carbons (Fsp3) is 0.167. The third kappa shape index (κ3) is 5.84. The molecule has 2 heterocycles. The van der Waals surface area contributed by atoms with Crippen LogP contribution in [0.25, 0.3) is 5.65 Å². The second-order valence-corrected chi connectivity index (χ2v) is 8.40. The van der Waals surface area contributed by atoms with E-state index in [2.05, 4.69) is 25.9 Å². The van der Waals surface area contributed by atoms with Crippen LogP contribution in [0.15, 0.2) is 71.8 Å². The van der Waals surface area contributed by atoms with Crippen molar-refractivity contribution in [2.75, 3.05) is 17.6 Å². The number of hydrogen-bond acceptors (Lipinski definition) is 7. The molecule has 0 saturated heterocycles. The number of aromatic nitrogens is 4. The van der Waals surface area contributed by atoms with Crippen LogP contribution in [0.5, 0.6) is 0 Å². The topological polar surface area (TPSA) is 118 Å². The standard InChI is InChI=1S/C24H22N6O3S/c1-16(31)17-7-9-19(10-8-17)26-22(32)15-34-23-12-11-20-27-28-21(30(20)29-23)13-14-25-24(33)18-5-3-2-4-6-18/h2-12H,13-15H2,1H3,(H,25,33)(H,26,32). The molecule has 0 unspecified atom stereocenters. The van der Waals surface area contributed by atoms with Crippen molar-refractivity contribution < 1.29 is 14.4 Å². The van der Waals surface area contributed by atoms with Crippen LogP contribution in [0.4, 0.5) is 5.69 Å². The molecule has 2 aromatic heterocycles. The summed E-state index contributed by atoms with van der Waals surface area (Å²) in [7, 11) is 0. The summed E-state index contributed by atoms with van der Waals surface area (Å²) in [5, 5.41) is 19.1. The van der Waals surface area contributed by atoms with E-state index in [0.717, 1.165) is 0 Å². The van der Waals surface area contributed by atoms with Crippen LogP contribution in [0.3, 0.4) is 0 Å². The van der Waals surface area contributed by atoms with E-state index in [0.29, 0.717) is 46.3 Å². The molecule has 2 aromatic carbocycles. The van der Waals surface area contributed by atoms with Gasteiger partial charge in [0.15, 0.2) is 17.3 Å². The monoisotopic (exact) mass is 474 g/mol. The molecule has 10 heteroatoms. The summed E-state index contributed by atoms with van der Waals surface area (Å²) in [5.41, 5.74) is 2.40. The summed E-state index contributed by atoms with van der Waals surface area (Å²) in [4.78, 5) is 35.9. The summed E-state index contributed by atoms with van der Waals surface area (Å²) >= 11 is 1.29. The van der Waals surface area contributed by atoms with Gasteiger partial charge in [-0.15, -0.1) is 10.2 Å². The zero-order valence-corrected chi connectivity index (χ0v) is 19.2. The van der Waals surface area contributed by atoms with Crippen molar-refractivity contribution >= 4 is 40.7 Å². The van der Waals surface area contributed by atoms with Gasteiger partial charge in [0, 0.05) is 29.8 Å². The van der Waals surface area contributed by atoms with Crippen LogP contribution < -0.4 is 10.6 Å². The summed E-state index contributed by atoms with van der Waals surface area (Å²) in [6.45, 7) is 1.88. The summed E-state index contributed by atoms with van der Waals surface area (Å²) in [5.74, 6) is 0.413. The van der Waals surface area contributed by atoms with Crippen LogP contribution >= 0.6 is 11.8 Å². The molecule has 0 atom stereocenters. The zero-order chi connectivity index (χ0) is 23.9. The molecule has 0 saturated carbocycles. The second kappa shape index (κ2) is 10.7. The van der Waals surface area contributed by atoms with Gasteiger partial charge in [0.05, 0.1) is 5.75 Å². The van der Waals surface area contributed by atoms with Gasteiger partial charge in [-0.1, -0.05) is 30.0 Å². The van der Waals surface area contributed by atoms with Crippen LogP contribution in [-0.4, -0.2) is 49.7 Å². The number of benzene rings is 2. The van der Waals surface area contributed by atoms with Gasteiger partial charge >= 0.3 is 0 Å². The van der Waals surface area contributed by atoms with Gasteiger partial charge in [-0.25, -0.2) is 0 Å². The lowest BCUT2D eigenvalue weighted by atomic mass is 10.1. The summed E-state index contributed by atoms with van der Waals surface area (Å²) in [6.07, 6.45) is 0.456. The smallest absolute Gasteiger partial charge is 0.251 e. The lowest BCUT2D eigenvalue weighted by molar-refractivity contribution is -0.113. The number of rotatable bonds is 9. The van der Waals surface area contributed by atoms with E-state index in [4.69, 9.17) is 0 Å². The highest BCUT2D eigenvalue weighted by Crippen LogP contribution is 2.17. The van der Waals surface area contributed by atoms with Crippen LogP contribution in [0.1, 0.15) is 33.5 Å². The van der Waals surface area contributed by atoms with E-state index >= 15 is 0 Å². The Morgan fingerprint density at radius 3 is 2.41 bits per heavy atom. The fourth-order valence-corrected chi connectivity index (χ4v) is 3.81. The number of Topliss-reactive ketones (excluding diaryl/α,β-unsaturated/α-hetero) is 1. The lowest BCUT2D eigenvalue weighted by Crippen LogP contribution is -2.26. The van der Waals surface area contributed by atoms with Crippen molar-refractivity contribution in [3.8, 4) is 0 Å². The van der Waals surface area contributed by atoms with Crippen LogP contribution in [0.2, 0.25) is 0 Å². The molecule has 0 aliphatic rings. The highest BCUT2D eigenvalue weighted by Gasteiger charge is 2.11. The van der Waals surface area contributed by atoms with Crippen molar-refractivity contribution in [2.45, 2.75) is 18.4 Å². The fourth-order valence-electron chi connectivity index (χ4n) is 3.15. The second-order valence-electron chi connectivity index (χ2n) is 7.40. The highest BCUT2D eigenvalue weighted by atomic mass is 32.2. The number of amides is 2. The number of carbonyl (C=O) groups is 3. The largest absolute Gasteiger partial charge is 0.352 e. The maximum absolute atomic E-state index is 12.3. The Balaban J connectivity index is 1.32. The van der Waals surface area contributed by atoms with E-state index in [1.165, 1.54) is 18.7 Å². The average Bonchev–Trinajstić information content (AvgIpc) is 3.26. The molecule has 0 radical (unpaired) electrons. The zero-order valence-electron chi connectivity index (χ0n) is 18.4. The quantitative estimate of drug-likeness (QED) is 0.283. The van der Waals surface area contributed by atoms with Crippen molar-refractivity contribution in [1.29, 1.82) is 0 Å². The molecule has 0 spiro atoms. The van der Waals surface area contributed by atoms with E-state index in [1.54, 1.807) is 53.0 Å². The molecule has 2 amide bonds. The van der Waals surface area contributed by atoms with Crippen molar-refractivity contribution in [3.63, 3.8) is 0 Å². The Morgan fingerprint density at radius 1 is 0.912 bits per heavy atom. The number of nitrogens with one attached hydrogen (secondary N) is 2. The van der Waals surface area contributed by atoms with Gasteiger partial charge < -0.3 is 10.6 Å². The first-order chi connectivity index (χ1) is 16.5. The third-order valence-electron chi connectivity index (χ3n) is 4.90. The minimum atomic E-state index is -0.185. The number of thioether (sulfide) groups is 1. The number of ketones is 1. The molecular weight excluding hydrogens is 452 g/mol. The Hall–Kier alpha value is -4.05. The maximum Gasteiger partial charge on any atom is 0.251 e. The molecular formula is C24H22N6O3S. The number of anilines is 1. The predicted molar refractivity (Wildman–Crippen MR) is 129 cm³/mol. The molecule has 0 fully saturated rings. The first-order valence-electron chi connectivity index (χ1n) is 10.6. The summed E-state index contributed by atoms with van der Waals surface area (Å²) < 4.78 is 1.62. The molecule has 34 heavy (non-hydrogen) atoms. The number of carbonyl (C=O) groups excluding carboxylic acids is 3. The minimum Gasteiger partial charge on any atom is -0.352 e. The van der Waals surface area contributed by atoms with E-state index < -0.39 is 0 Å². The van der Waals surface area contributed by atoms with E-state index in [-0.39, 0.29) is 23.4 Å². The number of fused-ring (bicyclic) bond motifs is 1. The van der Waals surface area contributed by atoms with Gasteiger partial charge in [0.2, 0.25) is 5.91 Å². The molecule has 4 aromatic rings. The first kappa shape index (κ1) is 23.1. The molecule has 0 aliphatic heterocycles. The Kier molecular flexibility index (Phi) is 7.28. The third-order valence-corrected chi connectivity index (χ3v) is 5.82. The Bertz CT molecular complexity index is 1320. The Morgan fingerprint density at radius 2 is 1.68 bits per heavy atom. The van der Waals surface area contributed by atoms with Crippen molar-refractivity contribution in [1.82, 2.24) is 25.1 Å². The molecule has 172 valence electrons. The van der Waals surface area contributed by atoms with Gasteiger partial charge in [-0.3, -0.25) is 14.4 Å². The highest BCUT2D eigenvalue weighted by molar-refractivity contribution is 7.99. The van der Waals surface area contributed by atoms with E-state index in [1.807, 2.05) is 18.2 Å². The maximum atomic E-state index is 12.3. The average molecular weight is 475 g/mol. The SMILES string of the molecule is CC(=O)c1ccc(NC(=O)CSc2ccc3nnc(CCNC(=O)c4ccccc4)n3n2)cc1. The minimum absolute atomic E-state index is 0.0261. The normalized spacial score (nSPS) is 10.7. The molecule has 2 N–H and O–H groups in total. The van der Waals surface area contributed by atoms with Crippen molar-refractivity contribution in [3.05, 3.63) is 83.7 Å². The van der Waals surface area contributed by atoms with Crippen LogP contribution in [-0.2, 0) is 11.2 Å². The first-order valence-corrected chi connectivity index (χ1v) is 11.6. The molecule has 4 rings (SSSR count). The Labute approximate surface area is 200 Å². The van der Waals surface area contributed by atoms with Gasteiger partial charge in [0.25, 0.3) is 5.91 Å². The number of nitrogens with zero attached hydrogens (tertiary/aromatic N) is 4. The van der Waals surface area contributed by atoms with E-state index in [9.17, 15) is 14.4 Å². The molecule has 0 bridgehead atoms. The van der Waals surface area contributed by atoms with Gasteiger partial charge in [-0.05, 0) is 55.5 Å². The number of hydrogen-bond donors (Lipinski definition) is 2. The lowest BCUT2D eigenvalue weighted by Gasteiger charge is -2.06. The molecule has 9 nitrogen and oxygen atoms in total. The predicted octanol–water partition coefficient (Wildman–Crippen LogP) is 3.03. The molecule has 0 aliphatic carbocycles. The summed E-state index contributed by atoms with van der Waals surface area (Å²) in [6, 6.07) is 19.3.